The molecule has 0 amide bonds. The van der Waals surface area contributed by atoms with Crippen molar-refractivity contribution in [1.29, 1.82) is 0 Å². The molecule has 2 heterocycles. The zero-order chi connectivity index (χ0) is 18.0. The van der Waals surface area contributed by atoms with Crippen LogP contribution in [-0.4, -0.2) is 25.5 Å². The molecular weight excluding hydrogens is 318 g/mol. The Balaban J connectivity index is 1.93. The molecule has 1 aromatic heterocycles. The normalized spacial score (nSPS) is 16.4. The number of nitrogens with zero attached hydrogens (tertiary/aromatic N) is 1. The number of methoxy groups -OCH3 is 2. The standard InChI is InChI=1S/C20H23NO4/c1-12-16-11-24-14(3)25-20(16)13(2)21-17(12)8-6-15-7-9-18(22-4)19(10-15)23-5/h6-10,14H,11H2,1-5H3/b8-6+. The highest BCUT2D eigenvalue weighted by molar-refractivity contribution is 5.72. The number of aromatic nitrogens is 1. The van der Waals surface area contributed by atoms with Gasteiger partial charge in [-0.1, -0.05) is 12.1 Å². The summed E-state index contributed by atoms with van der Waals surface area (Å²) in [6.45, 7) is 6.44. The fourth-order valence-corrected chi connectivity index (χ4v) is 2.88. The van der Waals surface area contributed by atoms with Crippen molar-refractivity contribution >= 4 is 12.2 Å². The molecule has 2 aromatic rings. The molecule has 5 heteroatoms. The predicted octanol–water partition coefficient (Wildman–Crippen LogP) is 4.14. The van der Waals surface area contributed by atoms with E-state index in [0.29, 0.717) is 18.1 Å². The van der Waals surface area contributed by atoms with Crippen LogP contribution in [-0.2, 0) is 11.3 Å². The highest BCUT2D eigenvalue weighted by atomic mass is 16.7. The number of pyridine rings is 1. The van der Waals surface area contributed by atoms with E-state index in [0.717, 1.165) is 33.8 Å². The summed E-state index contributed by atoms with van der Waals surface area (Å²) in [5.41, 5.74) is 4.94. The van der Waals surface area contributed by atoms with Crippen LogP contribution in [0.4, 0.5) is 0 Å². The summed E-state index contributed by atoms with van der Waals surface area (Å²) in [6, 6.07) is 5.80. The molecule has 25 heavy (non-hydrogen) atoms. The number of aryl methyl sites for hydroxylation is 1. The maximum absolute atomic E-state index is 5.78. The van der Waals surface area contributed by atoms with Crippen molar-refractivity contribution in [2.24, 2.45) is 0 Å². The minimum Gasteiger partial charge on any atom is -0.493 e. The summed E-state index contributed by atoms with van der Waals surface area (Å²) in [4.78, 5) is 4.69. The Kier molecular flexibility index (Phi) is 4.95. The van der Waals surface area contributed by atoms with Crippen LogP contribution in [0.25, 0.3) is 12.2 Å². The quantitative estimate of drug-likeness (QED) is 0.836. The van der Waals surface area contributed by atoms with Gasteiger partial charge in [-0.05, 0) is 50.1 Å². The fraction of sp³-hybridized carbons (Fsp3) is 0.350. The lowest BCUT2D eigenvalue weighted by atomic mass is 10.0. The van der Waals surface area contributed by atoms with Gasteiger partial charge in [0.05, 0.1) is 32.2 Å². The van der Waals surface area contributed by atoms with Crippen molar-refractivity contribution < 1.29 is 18.9 Å². The van der Waals surface area contributed by atoms with Gasteiger partial charge in [0.2, 0.25) is 0 Å². The summed E-state index contributed by atoms with van der Waals surface area (Å²) < 4.78 is 22.0. The number of rotatable bonds is 4. The number of benzene rings is 1. The van der Waals surface area contributed by atoms with E-state index >= 15 is 0 Å². The molecule has 1 aliphatic heterocycles. The lowest BCUT2D eigenvalue weighted by molar-refractivity contribution is -0.0953. The van der Waals surface area contributed by atoms with E-state index in [1.165, 1.54) is 0 Å². The first-order chi connectivity index (χ1) is 12.0. The minimum absolute atomic E-state index is 0.236. The predicted molar refractivity (Wildman–Crippen MR) is 97.1 cm³/mol. The Hall–Kier alpha value is -2.53. The molecule has 0 spiro atoms. The topological polar surface area (TPSA) is 49.8 Å². The van der Waals surface area contributed by atoms with Crippen LogP contribution in [0.3, 0.4) is 0 Å². The van der Waals surface area contributed by atoms with Crippen molar-refractivity contribution in [3.63, 3.8) is 0 Å². The van der Waals surface area contributed by atoms with E-state index in [4.69, 9.17) is 18.9 Å². The van der Waals surface area contributed by atoms with Gasteiger partial charge in [0.1, 0.15) is 5.75 Å². The van der Waals surface area contributed by atoms with Crippen LogP contribution < -0.4 is 14.2 Å². The van der Waals surface area contributed by atoms with Crippen molar-refractivity contribution in [1.82, 2.24) is 4.98 Å². The Morgan fingerprint density at radius 1 is 1.12 bits per heavy atom. The fourth-order valence-electron chi connectivity index (χ4n) is 2.88. The third-order valence-corrected chi connectivity index (χ3v) is 4.32. The Morgan fingerprint density at radius 3 is 2.60 bits per heavy atom. The number of ether oxygens (including phenoxy) is 4. The second kappa shape index (κ2) is 7.15. The second-order valence-corrected chi connectivity index (χ2v) is 5.96. The molecule has 0 fully saturated rings. The lowest BCUT2D eigenvalue weighted by Gasteiger charge is -2.26. The average Bonchev–Trinajstić information content (AvgIpc) is 2.63. The van der Waals surface area contributed by atoms with E-state index in [9.17, 15) is 0 Å². The molecule has 0 saturated carbocycles. The largest absolute Gasteiger partial charge is 0.493 e. The van der Waals surface area contributed by atoms with Gasteiger partial charge in [-0.3, -0.25) is 0 Å². The van der Waals surface area contributed by atoms with E-state index in [2.05, 4.69) is 4.98 Å². The average molecular weight is 341 g/mol. The van der Waals surface area contributed by atoms with Gasteiger partial charge in [-0.15, -0.1) is 0 Å². The zero-order valence-electron chi connectivity index (χ0n) is 15.3. The van der Waals surface area contributed by atoms with E-state index in [-0.39, 0.29) is 6.29 Å². The van der Waals surface area contributed by atoms with Crippen LogP contribution in [0.5, 0.6) is 17.2 Å². The molecule has 0 saturated heterocycles. The molecule has 5 nitrogen and oxygen atoms in total. The van der Waals surface area contributed by atoms with Gasteiger partial charge >= 0.3 is 0 Å². The Morgan fingerprint density at radius 2 is 1.88 bits per heavy atom. The molecule has 132 valence electrons. The first kappa shape index (κ1) is 17.3. The van der Waals surface area contributed by atoms with Crippen LogP contribution in [0, 0.1) is 13.8 Å². The van der Waals surface area contributed by atoms with Crippen molar-refractivity contribution in [3.05, 3.63) is 46.3 Å². The molecule has 0 radical (unpaired) electrons. The lowest BCUT2D eigenvalue weighted by Crippen LogP contribution is -2.24. The van der Waals surface area contributed by atoms with Gasteiger partial charge in [-0.2, -0.15) is 0 Å². The van der Waals surface area contributed by atoms with Gasteiger partial charge in [0.25, 0.3) is 0 Å². The highest BCUT2D eigenvalue weighted by Gasteiger charge is 2.22. The summed E-state index contributed by atoms with van der Waals surface area (Å²) in [6.07, 6.45) is 3.78. The summed E-state index contributed by atoms with van der Waals surface area (Å²) >= 11 is 0. The Bertz CT molecular complexity index is 814. The molecular formula is C20H23NO4. The van der Waals surface area contributed by atoms with Gasteiger partial charge in [-0.25, -0.2) is 4.98 Å². The number of hydrogen-bond acceptors (Lipinski definition) is 5. The first-order valence-electron chi connectivity index (χ1n) is 8.22. The zero-order valence-corrected chi connectivity index (χ0v) is 15.3. The Labute approximate surface area is 148 Å². The van der Waals surface area contributed by atoms with Crippen molar-refractivity contribution in [2.75, 3.05) is 14.2 Å². The van der Waals surface area contributed by atoms with Gasteiger partial charge in [0, 0.05) is 5.56 Å². The molecule has 1 aromatic carbocycles. The van der Waals surface area contributed by atoms with Crippen LogP contribution >= 0.6 is 0 Å². The van der Waals surface area contributed by atoms with Gasteiger partial charge in [0.15, 0.2) is 17.8 Å². The third kappa shape index (κ3) is 3.46. The van der Waals surface area contributed by atoms with Crippen molar-refractivity contribution in [3.8, 4) is 17.2 Å². The molecule has 1 aliphatic rings. The summed E-state index contributed by atoms with van der Waals surface area (Å²) in [7, 11) is 3.26. The smallest absolute Gasteiger partial charge is 0.197 e. The molecule has 1 atom stereocenters. The minimum atomic E-state index is -0.236. The van der Waals surface area contributed by atoms with Crippen LogP contribution in [0.2, 0.25) is 0 Å². The van der Waals surface area contributed by atoms with Crippen LogP contribution in [0.15, 0.2) is 18.2 Å². The highest BCUT2D eigenvalue weighted by Crippen LogP contribution is 2.33. The van der Waals surface area contributed by atoms with E-state index < -0.39 is 0 Å². The third-order valence-electron chi connectivity index (χ3n) is 4.32. The number of hydrogen-bond donors (Lipinski definition) is 0. The maximum atomic E-state index is 5.78. The second-order valence-electron chi connectivity index (χ2n) is 5.96. The molecule has 0 bridgehead atoms. The van der Waals surface area contributed by atoms with Gasteiger partial charge < -0.3 is 18.9 Å². The van der Waals surface area contributed by atoms with E-state index in [1.54, 1.807) is 14.2 Å². The SMILES string of the molecule is COc1ccc(/C=C/c2nc(C)c3c(c2C)COC(C)O3)cc1OC. The van der Waals surface area contributed by atoms with E-state index in [1.807, 2.05) is 51.1 Å². The number of fused-ring (bicyclic) bond motifs is 1. The molecule has 0 aliphatic carbocycles. The monoisotopic (exact) mass is 341 g/mol. The maximum Gasteiger partial charge on any atom is 0.197 e. The molecule has 3 rings (SSSR count). The molecule has 1 unspecified atom stereocenters. The molecule has 0 N–H and O–H groups in total. The van der Waals surface area contributed by atoms with Crippen LogP contribution in [0.1, 0.15) is 35.0 Å². The first-order valence-corrected chi connectivity index (χ1v) is 8.22. The summed E-state index contributed by atoms with van der Waals surface area (Å²) in [5, 5.41) is 0. The van der Waals surface area contributed by atoms with Crippen molar-refractivity contribution in [2.45, 2.75) is 33.7 Å². The summed E-state index contributed by atoms with van der Waals surface area (Å²) in [5.74, 6) is 2.26.